The monoisotopic (exact) mass is 406 g/mol. The van der Waals surface area contributed by atoms with E-state index in [-0.39, 0.29) is 12.0 Å². The smallest absolute Gasteiger partial charge is 0.272 e. The molecule has 2 aliphatic rings. The second-order valence-corrected chi connectivity index (χ2v) is 8.02. The highest BCUT2D eigenvalue weighted by Gasteiger charge is 2.25. The van der Waals surface area contributed by atoms with Gasteiger partial charge in [0.25, 0.3) is 5.91 Å². The van der Waals surface area contributed by atoms with E-state index in [1.54, 1.807) is 30.3 Å². The standard InChI is InChI=1S/C22H26N6O2/c1-26-20(8-9-25-26)22(29)28-12-10-27(11-13-28)16-6-7-19-18(14-16)21(24-15-23-19)30-17-4-2-3-5-17/h6-9,14-15,17H,2-5,10-13H2,1H3. The molecule has 3 heterocycles. The van der Waals surface area contributed by atoms with Crippen molar-refractivity contribution >= 4 is 22.5 Å². The number of fused-ring (bicyclic) bond motifs is 1. The summed E-state index contributed by atoms with van der Waals surface area (Å²) in [6.45, 7) is 2.92. The predicted octanol–water partition coefficient (Wildman–Crippen LogP) is 2.65. The molecule has 0 atom stereocenters. The van der Waals surface area contributed by atoms with E-state index >= 15 is 0 Å². The van der Waals surface area contributed by atoms with Crippen molar-refractivity contribution in [2.45, 2.75) is 31.8 Å². The molecule has 30 heavy (non-hydrogen) atoms. The first-order valence-electron chi connectivity index (χ1n) is 10.6. The summed E-state index contributed by atoms with van der Waals surface area (Å²) in [5.74, 6) is 0.715. The van der Waals surface area contributed by atoms with Gasteiger partial charge in [0, 0.05) is 45.1 Å². The number of anilines is 1. The summed E-state index contributed by atoms with van der Waals surface area (Å²) in [6, 6.07) is 8.01. The van der Waals surface area contributed by atoms with Gasteiger partial charge in [0.15, 0.2) is 0 Å². The number of carbonyl (C=O) groups excluding carboxylic acids is 1. The lowest BCUT2D eigenvalue weighted by Crippen LogP contribution is -2.49. The number of benzene rings is 1. The van der Waals surface area contributed by atoms with E-state index in [1.807, 2.05) is 11.0 Å². The average Bonchev–Trinajstić information content (AvgIpc) is 3.45. The fraction of sp³-hybridized carbons (Fsp3) is 0.455. The van der Waals surface area contributed by atoms with Crippen molar-refractivity contribution in [3.05, 3.63) is 42.5 Å². The largest absolute Gasteiger partial charge is 0.474 e. The molecule has 1 aromatic carbocycles. The lowest BCUT2D eigenvalue weighted by molar-refractivity contribution is 0.0735. The first kappa shape index (κ1) is 18.8. The molecule has 0 N–H and O–H groups in total. The van der Waals surface area contributed by atoms with Gasteiger partial charge in [-0.2, -0.15) is 5.10 Å². The zero-order valence-electron chi connectivity index (χ0n) is 17.2. The van der Waals surface area contributed by atoms with E-state index in [0.29, 0.717) is 24.7 Å². The third-order valence-corrected chi connectivity index (χ3v) is 6.13. The summed E-state index contributed by atoms with van der Waals surface area (Å²) >= 11 is 0. The fourth-order valence-corrected chi connectivity index (χ4v) is 4.39. The Labute approximate surface area is 175 Å². The second-order valence-electron chi connectivity index (χ2n) is 8.02. The summed E-state index contributed by atoms with van der Waals surface area (Å²) in [7, 11) is 1.80. The minimum Gasteiger partial charge on any atom is -0.474 e. The van der Waals surface area contributed by atoms with Crippen molar-refractivity contribution in [3.8, 4) is 5.88 Å². The van der Waals surface area contributed by atoms with Gasteiger partial charge < -0.3 is 14.5 Å². The summed E-state index contributed by atoms with van der Waals surface area (Å²) in [6.07, 6.45) is 8.13. The molecule has 2 aromatic heterocycles. The molecule has 8 heteroatoms. The van der Waals surface area contributed by atoms with Gasteiger partial charge >= 0.3 is 0 Å². The SMILES string of the molecule is Cn1nccc1C(=O)N1CCN(c2ccc3ncnc(OC4CCCC4)c3c2)CC1. The maximum atomic E-state index is 12.7. The van der Waals surface area contributed by atoms with E-state index in [2.05, 4.69) is 32.1 Å². The topological polar surface area (TPSA) is 76.4 Å². The number of aryl methyl sites for hydroxylation is 1. The normalized spacial score (nSPS) is 17.6. The number of carbonyl (C=O) groups is 1. The molecule has 0 spiro atoms. The highest BCUT2D eigenvalue weighted by Crippen LogP contribution is 2.30. The van der Waals surface area contributed by atoms with Gasteiger partial charge in [0.1, 0.15) is 18.1 Å². The van der Waals surface area contributed by atoms with Crippen molar-refractivity contribution in [3.63, 3.8) is 0 Å². The molecule has 1 aliphatic carbocycles. The molecular weight excluding hydrogens is 380 g/mol. The van der Waals surface area contributed by atoms with Crippen LogP contribution in [0.2, 0.25) is 0 Å². The molecule has 1 saturated heterocycles. The Morgan fingerprint density at radius 3 is 2.60 bits per heavy atom. The number of hydrogen-bond acceptors (Lipinski definition) is 6. The molecule has 8 nitrogen and oxygen atoms in total. The molecule has 1 saturated carbocycles. The van der Waals surface area contributed by atoms with Crippen LogP contribution in [-0.2, 0) is 7.05 Å². The maximum Gasteiger partial charge on any atom is 0.272 e. The van der Waals surface area contributed by atoms with E-state index in [1.165, 1.54) is 12.8 Å². The molecular formula is C22H26N6O2. The molecule has 156 valence electrons. The van der Waals surface area contributed by atoms with Crippen molar-refractivity contribution in [2.75, 3.05) is 31.1 Å². The number of hydrogen-bond donors (Lipinski definition) is 0. The van der Waals surface area contributed by atoms with Crippen molar-refractivity contribution in [2.24, 2.45) is 7.05 Å². The number of aromatic nitrogens is 4. The zero-order valence-corrected chi connectivity index (χ0v) is 17.2. The van der Waals surface area contributed by atoms with Gasteiger partial charge in [-0.15, -0.1) is 0 Å². The Morgan fingerprint density at radius 1 is 1.07 bits per heavy atom. The molecule has 0 bridgehead atoms. The van der Waals surface area contributed by atoms with E-state index < -0.39 is 0 Å². The number of nitrogens with zero attached hydrogens (tertiary/aromatic N) is 6. The quantitative estimate of drug-likeness (QED) is 0.663. The first-order chi connectivity index (χ1) is 14.7. The molecule has 1 aliphatic heterocycles. The minimum absolute atomic E-state index is 0.0359. The van der Waals surface area contributed by atoms with Crippen LogP contribution in [-0.4, -0.2) is 62.8 Å². The highest BCUT2D eigenvalue weighted by atomic mass is 16.5. The van der Waals surface area contributed by atoms with Gasteiger partial charge in [-0.25, -0.2) is 9.97 Å². The summed E-state index contributed by atoms with van der Waals surface area (Å²) in [4.78, 5) is 25.7. The van der Waals surface area contributed by atoms with Crippen LogP contribution in [0.4, 0.5) is 5.69 Å². The molecule has 3 aromatic rings. The lowest BCUT2D eigenvalue weighted by atomic mass is 10.1. The number of ether oxygens (including phenoxy) is 1. The predicted molar refractivity (Wildman–Crippen MR) is 114 cm³/mol. The van der Waals surface area contributed by atoms with Crippen LogP contribution in [0.25, 0.3) is 10.9 Å². The van der Waals surface area contributed by atoms with Gasteiger partial charge in [0.05, 0.1) is 10.9 Å². The van der Waals surface area contributed by atoms with Crippen LogP contribution in [0.1, 0.15) is 36.2 Å². The van der Waals surface area contributed by atoms with Crippen LogP contribution < -0.4 is 9.64 Å². The zero-order chi connectivity index (χ0) is 20.5. The summed E-state index contributed by atoms with van der Waals surface area (Å²) in [5, 5.41) is 5.06. The lowest BCUT2D eigenvalue weighted by Gasteiger charge is -2.36. The van der Waals surface area contributed by atoms with Crippen LogP contribution in [0.3, 0.4) is 0 Å². The van der Waals surface area contributed by atoms with Gasteiger partial charge in [-0.1, -0.05) is 0 Å². The molecule has 0 unspecified atom stereocenters. The highest BCUT2D eigenvalue weighted by molar-refractivity contribution is 5.92. The second kappa shape index (κ2) is 7.93. The van der Waals surface area contributed by atoms with Crippen LogP contribution in [0.15, 0.2) is 36.8 Å². The molecule has 5 rings (SSSR count). The van der Waals surface area contributed by atoms with Crippen molar-refractivity contribution in [1.82, 2.24) is 24.6 Å². The average molecular weight is 406 g/mol. The minimum atomic E-state index is 0.0359. The molecule has 0 radical (unpaired) electrons. The Morgan fingerprint density at radius 2 is 1.87 bits per heavy atom. The Kier molecular flexibility index (Phi) is 4.98. The molecule has 2 fully saturated rings. The van der Waals surface area contributed by atoms with Gasteiger partial charge in [-0.05, 0) is 49.9 Å². The Balaban J connectivity index is 1.32. The van der Waals surface area contributed by atoms with Crippen molar-refractivity contribution in [1.29, 1.82) is 0 Å². The number of rotatable bonds is 4. The summed E-state index contributed by atoms with van der Waals surface area (Å²) in [5.41, 5.74) is 2.63. The van der Waals surface area contributed by atoms with Gasteiger partial charge in [-0.3, -0.25) is 9.48 Å². The number of piperazine rings is 1. The molecule has 1 amide bonds. The van der Waals surface area contributed by atoms with Crippen molar-refractivity contribution < 1.29 is 9.53 Å². The van der Waals surface area contributed by atoms with Crippen LogP contribution in [0.5, 0.6) is 5.88 Å². The van der Waals surface area contributed by atoms with Gasteiger partial charge in [0.2, 0.25) is 5.88 Å². The third kappa shape index (κ3) is 3.58. The maximum absolute atomic E-state index is 12.7. The Bertz CT molecular complexity index is 1050. The number of amides is 1. The van der Waals surface area contributed by atoms with Crippen LogP contribution in [0, 0.1) is 0 Å². The fourth-order valence-electron chi connectivity index (χ4n) is 4.39. The first-order valence-corrected chi connectivity index (χ1v) is 10.6. The van der Waals surface area contributed by atoms with Crippen LogP contribution >= 0.6 is 0 Å². The summed E-state index contributed by atoms with van der Waals surface area (Å²) < 4.78 is 7.83. The van der Waals surface area contributed by atoms with E-state index in [9.17, 15) is 4.79 Å². The third-order valence-electron chi connectivity index (χ3n) is 6.13. The van der Waals surface area contributed by atoms with E-state index in [4.69, 9.17) is 4.74 Å². The van der Waals surface area contributed by atoms with E-state index in [0.717, 1.165) is 42.5 Å². The Hall–Kier alpha value is -3.16.